The summed E-state index contributed by atoms with van der Waals surface area (Å²) in [6.45, 7) is 4.50. The van der Waals surface area contributed by atoms with E-state index in [1.807, 2.05) is 39.8 Å². The number of anilines is 2. The number of nitrogens with one attached hydrogen (secondary N) is 1. The van der Waals surface area contributed by atoms with Crippen molar-refractivity contribution in [2.24, 2.45) is 5.41 Å². The normalized spacial score (nSPS) is 19.2. The van der Waals surface area contributed by atoms with E-state index in [9.17, 15) is 4.79 Å². The van der Waals surface area contributed by atoms with Gasteiger partial charge in [0.2, 0.25) is 5.91 Å². The summed E-state index contributed by atoms with van der Waals surface area (Å²) in [7, 11) is 0. The Morgan fingerprint density at radius 1 is 1.10 bits per heavy atom. The van der Waals surface area contributed by atoms with Crippen LogP contribution in [0, 0.1) is 5.41 Å². The molecule has 3 N–H and O–H groups in total. The molecule has 196 valence electrons. The highest BCUT2D eigenvalue weighted by atomic mass is 16.2. The zero-order valence-electron chi connectivity index (χ0n) is 21.8. The van der Waals surface area contributed by atoms with E-state index in [-0.39, 0.29) is 17.4 Å². The molecule has 1 aromatic carbocycles. The summed E-state index contributed by atoms with van der Waals surface area (Å²) in [4.78, 5) is 29.1. The Hall–Kier alpha value is -4.46. The van der Waals surface area contributed by atoms with Gasteiger partial charge >= 0.3 is 0 Å². The fraction of sp³-hybridized carbons (Fsp3) is 0.290. The smallest absolute Gasteiger partial charge is 0.246 e. The molecule has 4 aromatic rings. The van der Waals surface area contributed by atoms with Crippen molar-refractivity contribution in [1.29, 1.82) is 0 Å². The molecule has 1 amide bonds. The maximum Gasteiger partial charge on any atom is 0.246 e. The number of fused-ring (bicyclic) bond motifs is 1. The van der Waals surface area contributed by atoms with Crippen LogP contribution in [0.15, 0.2) is 79.3 Å². The molecule has 8 heteroatoms. The van der Waals surface area contributed by atoms with Gasteiger partial charge in [0.15, 0.2) is 0 Å². The standard InChI is InChI=1S/C31H31N7O/c1-2-25(39)38-19-31(13-14-31)18-23(38)30-36-27(28-29(32)34-16-17-37(28)30)22-11-4-3-10-21(22)26(20-8-7-9-20)35-24-12-5-6-15-33-24/h2-6,10-12,15-17,23H,1,7-9,13-14,18-19H2,(H2,32,34)(H,33,35). The Morgan fingerprint density at radius 2 is 1.92 bits per heavy atom. The van der Waals surface area contributed by atoms with Crippen molar-refractivity contribution in [2.45, 2.75) is 44.6 Å². The summed E-state index contributed by atoms with van der Waals surface area (Å²) in [5.74, 6) is 1.98. The number of hydrogen-bond donors (Lipinski definition) is 2. The second-order valence-electron chi connectivity index (χ2n) is 11.0. The number of nitrogens with two attached hydrogens (primary N) is 1. The lowest BCUT2D eigenvalue weighted by Gasteiger charge is -2.24. The number of rotatable bonds is 6. The molecule has 8 nitrogen and oxygen atoms in total. The predicted molar refractivity (Wildman–Crippen MR) is 152 cm³/mol. The predicted octanol–water partition coefficient (Wildman–Crippen LogP) is 5.62. The van der Waals surface area contributed by atoms with Crippen LogP contribution in [0.1, 0.15) is 56.0 Å². The van der Waals surface area contributed by atoms with E-state index in [0.717, 1.165) is 78.3 Å². The number of imidazole rings is 1. The molecule has 1 spiro atoms. The van der Waals surface area contributed by atoms with Crippen LogP contribution in [0.3, 0.4) is 0 Å². The third kappa shape index (κ3) is 3.98. The van der Waals surface area contributed by atoms with E-state index in [0.29, 0.717) is 5.82 Å². The Balaban J connectivity index is 1.40. The maximum atomic E-state index is 12.9. The summed E-state index contributed by atoms with van der Waals surface area (Å²) in [6, 6.07) is 14.0. The fourth-order valence-corrected chi connectivity index (χ4v) is 6.11. The summed E-state index contributed by atoms with van der Waals surface area (Å²) in [6.07, 6.45) is 13.3. The molecule has 1 atom stereocenters. The highest BCUT2D eigenvalue weighted by Crippen LogP contribution is 2.58. The SMILES string of the molecule is C=CC(=O)N1CC2(CC2)CC1c1nc(-c2ccccc2C(Nc2ccccn2)=C2CCC2)c2c(N)nccn12. The maximum absolute atomic E-state index is 12.9. The average molecular weight is 518 g/mol. The number of likely N-dealkylation sites (tertiary alicyclic amines) is 1. The van der Waals surface area contributed by atoms with Crippen molar-refractivity contribution >= 4 is 28.8 Å². The van der Waals surface area contributed by atoms with Crippen molar-refractivity contribution in [3.8, 4) is 11.3 Å². The number of benzene rings is 1. The molecule has 3 aromatic heterocycles. The van der Waals surface area contributed by atoms with Gasteiger partial charge in [0.25, 0.3) is 0 Å². The third-order valence-corrected chi connectivity index (χ3v) is 8.51. The quantitative estimate of drug-likeness (QED) is 0.322. The lowest BCUT2D eigenvalue weighted by atomic mass is 9.86. The van der Waals surface area contributed by atoms with Gasteiger partial charge in [-0.25, -0.2) is 15.0 Å². The highest BCUT2D eigenvalue weighted by Gasteiger charge is 2.54. The summed E-state index contributed by atoms with van der Waals surface area (Å²) < 4.78 is 2.03. The molecule has 7 rings (SSSR count). The summed E-state index contributed by atoms with van der Waals surface area (Å²) in [5.41, 5.74) is 12.7. The van der Waals surface area contributed by atoms with Crippen LogP contribution in [-0.4, -0.2) is 36.7 Å². The molecule has 2 aliphatic carbocycles. The third-order valence-electron chi connectivity index (χ3n) is 8.51. The van der Waals surface area contributed by atoms with E-state index in [2.05, 4.69) is 40.1 Å². The van der Waals surface area contributed by atoms with Gasteiger partial charge in [0.05, 0.1) is 6.04 Å². The summed E-state index contributed by atoms with van der Waals surface area (Å²) in [5, 5.41) is 3.60. The Morgan fingerprint density at radius 3 is 2.64 bits per heavy atom. The first-order chi connectivity index (χ1) is 19.1. The molecule has 4 heterocycles. The van der Waals surface area contributed by atoms with E-state index in [1.165, 1.54) is 18.1 Å². The zero-order chi connectivity index (χ0) is 26.6. The second kappa shape index (κ2) is 9.08. The van der Waals surface area contributed by atoms with Crippen molar-refractivity contribution in [1.82, 2.24) is 24.3 Å². The Kier molecular flexibility index (Phi) is 5.50. The molecule has 0 radical (unpaired) electrons. The van der Waals surface area contributed by atoms with Gasteiger partial charge in [-0.15, -0.1) is 0 Å². The second-order valence-corrected chi connectivity index (χ2v) is 11.0. The fourth-order valence-electron chi connectivity index (χ4n) is 6.11. The minimum atomic E-state index is -0.149. The first kappa shape index (κ1) is 23.6. The molecule has 1 saturated heterocycles. The number of aromatic nitrogens is 4. The van der Waals surface area contributed by atoms with Crippen LogP contribution in [0.5, 0.6) is 0 Å². The van der Waals surface area contributed by atoms with E-state index >= 15 is 0 Å². The number of hydrogen-bond acceptors (Lipinski definition) is 6. The van der Waals surface area contributed by atoms with Gasteiger partial charge in [-0.05, 0) is 67.7 Å². The van der Waals surface area contributed by atoms with Crippen molar-refractivity contribution in [2.75, 3.05) is 17.6 Å². The molecule has 1 unspecified atom stereocenters. The number of amides is 1. The van der Waals surface area contributed by atoms with Gasteiger partial charge in [-0.1, -0.05) is 36.9 Å². The van der Waals surface area contributed by atoms with Crippen LogP contribution in [-0.2, 0) is 4.79 Å². The van der Waals surface area contributed by atoms with Crippen LogP contribution in [0.25, 0.3) is 22.5 Å². The molecule has 39 heavy (non-hydrogen) atoms. The van der Waals surface area contributed by atoms with Gasteiger partial charge < -0.3 is 16.0 Å². The van der Waals surface area contributed by atoms with Crippen molar-refractivity contribution in [3.05, 3.63) is 90.7 Å². The molecular formula is C31H31N7O. The Bertz CT molecular complexity index is 1630. The topological polar surface area (TPSA) is 101 Å². The van der Waals surface area contributed by atoms with Crippen LogP contribution in [0.2, 0.25) is 0 Å². The van der Waals surface area contributed by atoms with Gasteiger partial charge in [-0.2, -0.15) is 0 Å². The molecule has 3 fully saturated rings. The van der Waals surface area contributed by atoms with E-state index < -0.39 is 0 Å². The number of nitrogen functional groups attached to an aromatic ring is 1. The molecule has 3 aliphatic rings. The minimum Gasteiger partial charge on any atom is -0.382 e. The number of carbonyl (C=O) groups excluding carboxylic acids is 1. The molecule has 2 saturated carbocycles. The van der Waals surface area contributed by atoms with E-state index in [4.69, 9.17) is 10.7 Å². The van der Waals surface area contributed by atoms with Crippen LogP contribution in [0.4, 0.5) is 11.6 Å². The van der Waals surface area contributed by atoms with Crippen LogP contribution >= 0.6 is 0 Å². The first-order valence-corrected chi connectivity index (χ1v) is 13.6. The number of nitrogens with zero attached hydrogens (tertiary/aromatic N) is 5. The first-order valence-electron chi connectivity index (χ1n) is 13.6. The minimum absolute atomic E-state index is 0.0546. The lowest BCUT2D eigenvalue weighted by Crippen LogP contribution is -2.30. The molecule has 0 bridgehead atoms. The molecular weight excluding hydrogens is 486 g/mol. The monoisotopic (exact) mass is 517 g/mol. The van der Waals surface area contributed by atoms with Gasteiger partial charge in [0, 0.05) is 42.0 Å². The van der Waals surface area contributed by atoms with Crippen LogP contribution < -0.4 is 11.1 Å². The van der Waals surface area contributed by atoms with Crippen molar-refractivity contribution < 1.29 is 4.79 Å². The zero-order valence-corrected chi connectivity index (χ0v) is 21.8. The van der Waals surface area contributed by atoms with E-state index in [1.54, 1.807) is 12.4 Å². The van der Waals surface area contributed by atoms with Gasteiger partial charge in [-0.3, -0.25) is 9.20 Å². The largest absolute Gasteiger partial charge is 0.382 e. The number of allylic oxidation sites excluding steroid dienone is 1. The number of carbonyl (C=O) groups is 1. The number of pyridine rings is 1. The van der Waals surface area contributed by atoms with Crippen molar-refractivity contribution in [3.63, 3.8) is 0 Å². The average Bonchev–Trinajstić information content (AvgIpc) is 3.41. The van der Waals surface area contributed by atoms with Gasteiger partial charge in [0.1, 0.15) is 28.7 Å². The lowest BCUT2D eigenvalue weighted by molar-refractivity contribution is -0.127. The highest BCUT2D eigenvalue weighted by molar-refractivity contribution is 5.94. The Labute approximate surface area is 227 Å². The molecule has 1 aliphatic heterocycles. The summed E-state index contributed by atoms with van der Waals surface area (Å²) >= 11 is 0.